The molecule has 70 heavy (non-hydrogen) atoms. The van der Waals surface area contributed by atoms with Crippen LogP contribution in [0, 0.1) is 39.8 Å². The summed E-state index contributed by atoms with van der Waals surface area (Å²) in [5, 5.41) is 3.51. The molecule has 0 unspecified atom stereocenters. The van der Waals surface area contributed by atoms with Gasteiger partial charge in [0, 0.05) is 52.6 Å². The Hall–Kier alpha value is -6.24. The molecule has 0 aliphatic carbocycles. The third-order valence-corrected chi connectivity index (χ3v) is 15.7. The fourth-order valence-electron chi connectivity index (χ4n) is 9.75. The molecule has 10 aromatic rings. The van der Waals surface area contributed by atoms with E-state index in [1.165, 1.54) is 44.3 Å². The van der Waals surface area contributed by atoms with Gasteiger partial charge in [-0.15, -0.1) is 53.6 Å². The van der Waals surface area contributed by atoms with E-state index in [2.05, 4.69) is 190 Å². The summed E-state index contributed by atoms with van der Waals surface area (Å²) < 4.78 is 31.6. The number of hydrogen-bond donors (Lipinski definition) is 0. The van der Waals surface area contributed by atoms with Gasteiger partial charge in [0.25, 0.3) is 0 Å². The zero-order chi connectivity index (χ0) is 51.4. The number of aromatic nitrogens is 4. The summed E-state index contributed by atoms with van der Waals surface area (Å²) in [5.41, 5.74) is 18.1. The van der Waals surface area contributed by atoms with Crippen LogP contribution in [-0.2, 0) is 25.5 Å². The molecule has 0 amide bonds. The average Bonchev–Trinajstić information content (AvgIpc) is 3.95. The largest absolute Gasteiger partial charge is 0.501 e. The summed E-state index contributed by atoms with van der Waals surface area (Å²) in [4.78, 5) is 15.0. The molecule has 4 aromatic heterocycles. The standard InChI is InChI=1S/C39H36N3O.C24H28NSi.Ir/c1-22(2)32-20-28(27-14-9-8-10-15-27)21-33(23(3)4)37(32)42-36-24(5)25(6)40-26(7)35(36)41-39(42)31-18-13-17-30-29-16-11-12-19-34(29)43-38(30)31;1-18-12-14-19(15-13-18)22-16-21(23(17-25-22)26(4,5)6)24(2,3)20-10-8-7-9-11-20;/h8-17,19-23H,1-7H3;7-14,16-17H,1-6H3;/q2*-1;/i;1D3;. The molecule has 0 fully saturated rings. The number of hydrogen-bond acceptors (Lipinski definition) is 4. The number of aryl methyl sites for hydroxylation is 4. The fourth-order valence-corrected chi connectivity index (χ4v) is 11.4. The minimum Gasteiger partial charge on any atom is -0.501 e. The Labute approximate surface area is 434 Å². The third-order valence-electron chi connectivity index (χ3n) is 13.7. The van der Waals surface area contributed by atoms with Gasteiger partial charge in [0.05, 0.1) is 36.2 Å². The van der Waals surface area contributed by atoms with Crippen LogP contribution in [0.5, 0.6) is 0 Å². The predicted octanol–water partition coefficient (Wildman–Crippen LogP) is 16.4. The molecule has 6 aromatic carbocycles. The summed E-state index contributed by atoms with van der Waals surface area (Å²) in [7, 11) is -1.63. The van der Waals surface area contributed by atoms with Gasteiger partial charge in [0.15, 0.2) is 0 Å². The van der Waals surface area contributed by atoms with Gasteiger partial charge in [-0.3, -0.25) is 9.97 Å². The number of nitrogens with zero attached hydrogens (tertiary/aromatic N) is 4. The maximum absolute atomic E-state index is 7.56. The Morgan fingerprint density at radius 3 is 2.00 bits per heavy atom. The molecular formula is C63H64IrN4OSi-2. The molecule has 0 atom stereocenters. The first kappa shape index (κ1) is 46.2. The van der Waals surface area contributed by atoms with E-state index in [1.54, 1.807) is 18.2 Å². The van der Waals surface area contributed by atoms with Gasteiger partial charge in [-0.2, -0.15) is 0 Å². The molecule has 5 nitrogen and oxygen atoms in total. The van der Waals surface area contributed by atoms with E-state index in [1.807, 2.05) is 30.5 Å². The van der Waals surface area contributed by atoms with Gasteiger partial charge in [-0.1, -0.05) is 164 Å². The molecule has 10 rings (SSSR count). The van der Waals surface area contributed by atoms with Crippen molar-refractivity contribution in [3.8, 4) is 39.5 Å². The number of imidazole rings is 1. The van der Waals surface area contributed by atoms with Crippen LogP contribution in [0.1, 0.15) is 102 Å². The summed E-state index contributed by atoms with van der Waals surface area (Å²) >= 11 is 0. The first-order valence-corrected chi connectivity index (χ1v) is 27.7. The molecule has 0 bridgehead atoms. The van der Waals surface area contributed by atoms with Crippen LogP contribution >= 0.6 is 0 Å². The Morgan fingerprint density at radius 2 is 1.37 bits per heavy atom. The van der Waals surface area contributed by atoms with Crippen LogP contribution in [-0.4, -0.2) is 27.6 Å². The van der Waals surface area contributed by atoms with Crippen LogP contribution in [0.3, 0.4) is 0 Å². The van der Waals surface area contributed by atoms with Crippen molar-refractivity contribution in [2.75, 3.05) is 0 Å². The van der Waals surface area contributed by atoms with Crippen molar-refractivity contribution in [2.24, 2.45) is 0 Å². The van der Waals surface area contributed by atoms with Crippen molar-refractivity contribution >= 4 is 46.2 Å². The Bertz CT molecular complexity index is 3580. The SMILES string of the molecule is Cc1nc(C)c2nc(-c3[c-]ccc4c3oc3ccccc34)n(-c3c(C(C)C)cc(-c4ccccc4)cc3C(C)C)c2c1C.[2H]C([2H])([2H])c1c[c-]c(-c2cc(C(C)(C)c3ccccc3)c([Si](C)(C)C)cn2)cc1.[Ir]. The molecule has 0 N–H and O–H groups in total. The van der Waals surface area contributed by atoms with Gasteiger partial charge < -0.3 is 14.0 Å². The van der Waals surface area contributed by atoms with Crippen LogP contribution in [0.4, 0.5) is 0 Å². The van der Waals surface area contributed by atoms with Crippen LogP contribution in [0.15, 0.2) is 144 Å². The number of pyridine rings is 2. The van der Waals surface area contributed by atoms with Gasteiger partial charge in [0.1, 0.15) is 5.58 Å². The zero-order valence-corrected chi connectivity index (χ0v) is 45.9. The second-order valence-electron chi connectivity index (χ2n) is 20.6. The Kier molecular flexibility index (Phi) is 13.1. The molecule has 7 heteroatoms. The van der Waals surface area contributed by atoms with Gasteiger partial charge in [0.2, 0.25) is 0 Å². The second kappa shape index (κ2) is 19.9. The van der Waals surface area contributed by atoms with Crippen LogP contribution in [0.2, 0.25) is 19.6 Å². The number of furan rings is 1. The van der Waals surface area contributed by atoms with E-state index in [4.69, 9.17) is 23.5 Å². The van der Waals surface area contributed by atoms with E-state index >= 15 is 0 Å². The van der Waals surface area contributed by atoms with Crippen molar-refractivity contribution < 1.29 is 28.6 Å². The zero-order valence-electron chi connectivity index (χ0n) is 45.5. The predicted molar refractivity (Wildman–Crippen MR) is 293 cm³/mol. The number of rotatable bonds is 9. The molecule has 0 aliphatic heterocycles. The minimum absolute atomic E-state index is 0. The van der Waals surface area contributed by atoms with Gasteiger partial charge in [-0.05, 0) is 101 Å². The molecule has 4 heterocycles. The summed E-state index contributed by atoms with van der Waals surface area (Å²) in [6.07, 6.45) is 2.02. The molecule has 357 valence electrons. The van der Waals surface area contributed by atoms with Crippen molar-refractivity contribution in [3.05, 3.63) is 197 Å². The molecular weight excluding hydrogens is 1050 g/mol. The Balaban J connectivity index is 0.000000208. The first-order valence-electron chi connectivity index (χ1n) is 25.7. The van der Waals surface area contributed by atoms with E-state index in [9.17, 15) is 0 Å². The van der Waals surface area contributed by atoms with Crippen molar-refractivity contribution in [3.63, 3.8) is 0 Å². The third kappa shape index (κ3) is 9.40. The van der Waals surface area contributed by atoms with Crippen LogP contribution < -0.4 is 5.19 Å². The van der Waals surface area contributed by atoms with Gasteiger partial charge >= 0.3 is 0 Å². The molecule has 1 radical (unpaired) electrons. The molecule has 0 aliphatic rings. The summed E-state index contributed by atoms with van der Waals surface area (Å²) in [5.74, 6) is 1.38. The summed E-state index contributed by atoms with van der Waals surface area (Å²) in [6.45, 7) is 24.9. The van der Waals surface area contributed by atoms with E-state index < -0.39 is 14.9 Å². The number of benzene rings is 6. The van der Waals surface area contributed by atoms with E-state index in [-0.39, 0.29) is 37.4 Å². The topological polar surface area (TPSA) is 56.7 Å². The normalized spacial score (nSPS) is 12.7. The molecule has 0 saturated carbocycles. The van der Waals surface area contributed by atoms with Gasteiger partial charge in [-0.25, -0.2) is 0 Å². The number of para-hydroxylation sites is 1. The maximum atomic E-state index is 7.56. The Morgan fingerprint density at radius 1 is 0.714 bits per heavy atom. The smallest absolute Gasteiger partial charge is 0.120 e. The monoisotopic (exact) mass is 1120 g/mol. The van der Waals surface area contributed by atoms with Crippen molar-refractivity contribution in [2.45, 2.75) is 106 Å². The summed E-state index contributed by atoms with van der Waals surface area (Å²) in [6, 6.07) is 52.1. The second-order valence-corrected chi connectivity index (χ2v) is 25.6. The fraction of sp³-hybridized carbons (Fsp3) is 0.254. The quantitative estimate of drug-likeness (QED) is 0.107. The van der Waals surface area contributed by atoms with Crippen LogP contribution in [0.25, 0.3) is 72.4 Å². The molecule has 0 saturated heterocycles. The maximum Gasteiger partial charge on any atom is 0.120 e. The number of fused-ring (bicyclic) bond motifs is 4. The minimum atomic E-state index is -2.12. The van der Waals surface area contributed by atoms with Crippen molar-refractivity contribution in [1.29, 1.82) is 0 Å². The molecule has 0 spiro atoms. The average molecular weight is 1120 g/mol. The first-order chi connectivity index (χ1) is 34.1. The van der Waals surface area contributed by atoms with E-state index in [0.29, 0.717) is 5.56 Å². The van der Waals surface area contributed by atoms with E-state index in [0.717, 1.165) is 72.6 Å². The van der Waals surface area contributed by atoms with Crippen molar-refractivity contribution in [1.82, 2.24) is 19.5 Å².